The Kier molecular flexibility index (Phi) is 6.52. The van der Waals surface area contributed by atoms with Gasteiger partial charge in [0, 0.05) is 0 Å². The number of esters is 1. The van der Waals surface area contributed by atoms with Crippen molar-refractivity contribution in [1.29, 1.82) is 0 Å². The summed E-state index contributed by atoms with van der Waals surface area (Å²) >= 11 is -0.218. The third-order valence-corrected chi connectivity index (χ3v) is 5.39. The van der Waals surface area contributed by atoms with Gasteiger partial charge in [0.1, 0.15) is 0 Å². The molecule has 1 aromatic carbocycles. The van der Waals surface area contributed by atoms with E-state index in [4.69, 9.17) is 4.74 Å². The van der Waals surface area contributed by atoms with Crippen LogP contribution in [0, 0.1) is 0 Å². The van der Waals surface area contributed by atoms with Crippen molar-refractivity contribution in [3.63, 3.8) is 0 Å². The van der Waals surface area contributed by atoms with Crippen molar-refractivity contribution in [2.75, 3.05) is 0 Å². The Hall–Kier alpha value is -0.520. The molecule has 0 aliphatic carbocycles. The maximum absolute atomic E-state index is 10.9. The predicted molar refractivity (Wildman–Crippen MR) is 67.1 cm³/mol. The zero-order valence-electron chi connectivity index (χ0n) is 9.81. The Morgan fingerprint density at radius 1 is 1.38 bits per heavy atom. The molecule has 16 heavy (non-hydrogen) atoms. The van der Waals surface area contributed by atoms with E-state index in [0.29, 0.717) is 0 Å². The van der Waals surface area contributed by atoms with Gasteiger partial charge in [0.15, 0.2) is 0 Å². The van der Waals surface area contributed by atoms with Gasteiger partial charge in [-0.2, -0.15) is 0 Å². The molecule has 0 spiro atoms. The summed E-state index contributed by atoms with van der Waals surface area (Å²) in [6, 6.07) is 10.5. The number of ether oxygens (including phenoxy) is 1. The fourth-order valence-corrected chi connectivity index (χ4v) is 4.19. The van der Waals surface area contributed by atoms with E-state index in [0.717, 1.165) is 17.3 Å². The predicted octanol–water partition coefficient (Wildman–Crippen LogP) is 2.17. The van der Waals surface area contributed by atoms with Crippen LogP contribution in [0.2, 0.25) is 4.47 Å². The Morgan fingerprint density at radius 2 is 2.06 bits per heavy atom. The van der Waals surface area contributed by atoms with E-state index in [1.807, 2.05) is 6.07 Å². The minimum absolute atomic E-state index is 0.130. The molecule has 3 heteroatoms. The number of carbonyl (C=O) groups excluding carboxylic acids is 1. The van der Waals surface area contributed by atoms with Crippen molar-refractivity contribution in [3.8, 4) is 0 Å². The van der Waals surface area contributed by atoms with Gasteiger partial charge in [0.05, 0.1) is 0 Å². The molecule has 0 unspecified atom stereocenters. The van der Waals surface area contributed by atoms with Crippen molar-refractivity contribution >= 4 is 30.5 Å². The average Bonchev–Trinajstić information content (AvgIpc) is 2.27. The zero-order valence-corrected chi connectivity index (χ0v) is 12.1. The summed E-state index contributed by atoms with van der Waals surface area (Å²) < 4.78 is 7.78. The Bertz CT molecular complexity index is 311. The fraction of sp³-hybridized carbons (Fsp3) is 0.462. The first-order chi connectivity index (χ1) is 7.72. The Morgan fingerprint density at radius 3 is 2.62 bits per heavy atom. The minimum atomic E-state index is -0.218. The molecule has 1 rings (SSSR count). The number of rotatable bonds is 6. The third kappa shape index (κ3) is 5.53. The Balaban J connectivity index is 2.40. The van der Waals surface area contributed by atoms with E-state index in [2.05, 4.69) is 31.2 Å². The molecule has 0 aliphatic heterocycles. The van der Waals surface area contributed by atoms with Gasteiger partial charge in [-0.15, -0.1) is 0 Å². The number of benzene rings is 1. The first-order valence-corrected chi connectivity index (χ1v) is 8.38. The Labute approximate surface area is 107 Å². The molecule has 0 saturated carbocycles. The quantitative estimate of drug-likeness (QED) is 0.589. The van der Waals surface area contributed by atoms with Crippen LogP contribution in [-0.4, -0.2) is 33.0 Å². The van der Waals surface area contributed by atoms with Crippen LogP contribution < -0.4 is 3.61 Å². The van der Waals surface area contributed by atoms with Crippen LogP contribution in [0.1, 0.15) is 26.7 Å². The topological polar surface area (TPSA) is 26.3 Å². The second-order valence-electron chi connectivity index (χ2n) is 3.64. The van der Waals surface area contributed by atoms with Gasteiger partial charge in [-0.1, -0.05) is 0 Å². The van der Waals surface area contributed by atoms with Crippen molar-refractivity contribution in [2.45, 2.75) is 37.3 Å². The van der Waals surface area contributed by atoms with Crippen molar-refractivity contribution < 1.29 is 9.53 Å². The van der Waals surface area contributed by atoms with Crippen LogP contribution in [0.25, 0.3) is 0 Å². The molecule has 0 heterocycles. The van der Waals surface area contributed by atoms with Crippen LogP contribution in [0.3, 0.4) is 0 Å². The summed E-state index contributed by atoms with van der Waals surface area (Å²) in [7, 11) is 0. The molecule has 0 amide bonds. The second kappa shape index (κ2) is 7.70. The number of carbonyl (C=O) groups is 1. The molecule has 1 atom stereocenters. The van der Waals surface area contributed by atoms with E-state index in [1.165, 1.54) is 10.5 Å². The van der Waals surface area contributed by atoms with Crippen LogP contribution in [-0.2, 0) is 9.53 Å². The van der Waals surface area contributed by atoms with Crippen molar-refractivity contribution in [3.05, 3.63) is 30.3 Å². The van der Waals surface area contributed by atoms with Crippen molar-refractivity contribution in [2.24, 2.45) is 0 Å². The fourth-order valence-electron chi connectivity index (χ4n) is 1.44. The molecule has 0 aromatic heterocycles. The summed E-state index contributed by atoms with van der Waals surface area (Å²) in [6.07, 6.45) is 2.18. The van der Waals surface area contributed by atoms with Crippen LogP contribution in [0.15, 0.2) is 30.3 Å². The van der Waals surface area contributed by atoms with Gasteiger partial charge in [-0.05, 0) is 0 Å². The van der Waals surface area contributed by atoms with Crippen LogP contribution in [0.5, 0.6) is 0 Å². The van der Waals surface area contributed by atoms with E-state index in [1.54, 1.807) is 0 Å². The van der Waals surface area contributed by atoms with Crippen LogP contribution in [0.4, 0.5) is 0 Å². The maximum atomic E-state index is 10.9. The molecular formula is C13H18O2Te. The second-order valence-corrected chi connectivity index (χ2v) is 6.76. The summed E-state index contributed by atoms with van der Waals surface area (Å²) in [5.74, 6) is -0.154. The van der Waals surface area contributed by atoms with Gasteiger partial charge in [-0.25, -0.2) is 0 Å². The average molecular weight is 334 g/mol. The van der Waals surface area contributed by atoms with Gasteiger partial charge < -0.3 is 0 Å². The molecule has 2 nitrogen and oxygen atoms in total. The molecule has 1 aromatic rings. The third-order valence-electron chi connectivity index (χ3n) is 2.12. The van der Waals surface area contributed by atoms with E-state index in [-0.39, 0.29) is 33.0 Å². The summed E-state index contributed by atoms with van der Waals surface area (Å²) in [4.78, 5) is 10.9. The van der Waals surface area contributed by atoms with E-state index in [9.17, 15) is 4.79 Å². The van der Waals surface area contributed by atoms with Crippen molar-refractivity contribution in [1.82, 2.24) is 0 Å². The molecule has 0 bridgehead atoms. The number of hydrogen-bond donors (Lipinski definition) is 0. The van der Waals surface area contributed by atoms with Crippen LogP contribution >= 0.6 is 0 Å². The van der Waals surface area contributed by atoms with Gasteiger partial charge >= 0.3 is 108 Å². The normalized spacial score (nSPS) is 12.1. The molecule has 0 radical (unpaired) electrons. The van der Waals surface area contributed by atoms with Gasteiger partial charge in [-0.3, -0.25) is 0 Å². The number of hydrogen-bond acceptors (Lipinski definition) is 2. The monoisotopic (exact) mass is 336 g/mol. The van der Waals surface area contributed by atoms with E-state index >= 15 is 0 Å². The molecular weight excluding hydrogens is 316 g/mol. The molecule has 0 N–H and O–H groups in total. The molecule has 0 aliphatic rings. The molecule has 0 saturated heterocycles. The zero-order chi connectivity index (χ0) is 11.8. The molecule has 88 valence electrons. The standard InChI is InChI=1S/C13H18O2Te/c1-3-7-12(15-11(2)14)10-16-13-8-5-4-6-9-13/h4-6,8-9,12H,3,7,10H2,1-2H3/t12-/m1/s1. The van der Waals surface area contributed by atoms with Gasteiger partial charge in [0.25, 0.3) is 0 Å². The van der Waals surface area contributed by atoms with Gasteiger partial charge in [0.2, 0.25) is 0 Å². The summed E-state index contributed by atoms with van der Waals surface area (Å²) in [6.45, 7) is 3.62. The summed E-state index contributed by atoms with van der Waals surface area (Å²) in [5.41, 5.74) is 0. The summed E-state index contributed by atoms with van der Waals surface area (Å²) in [5, 5.41) is 0. The SMILES string of the molecule is CCC[C@H](C[Te]c1ccccc1)OC(C)=O. The van der Waals surface area contributed by atoms with E-state index < -0.39 is 0 Å². The molecule has 0 fully saturated rings. The first-order valence-electron chi connectivity index (χ1n) is 5.57. The first kappa shape index (κ1) is 13.5.